The van der Waals surface area contributed by atoms with Gasteiger partial charge in [-0.3, -0.25) is 4.90 Å². The summed E-state index contributed by atoms with van der Waals surface area (Å²) in [7, 11) is 0. The maximum Gasteiger partial charge on any atom is 0.431 e. The molecule has 0 spiro atoms. The molecule has 5 rings (SSSR count). The molecule has 3 aliphatic heterocycles. The molecular formula is C26H33F3N6O2. The summed E-state index contributed by atoms with van der Waals surface area (Å²) >= 11 is 0. The highest BCUT2D eigenvalue weighted by Crippen LogP contribution is 2.40. The van der Waals surface area contributed by atoms with Gasteiger partial charge in [-0.15, -0.1) is 0 Å². The fourth-order valence-electron chi connectivity index (χ4n) is 5.96. The van der Waals surface area contributed by atoms with Crippen molar-refractivity contribution in [2.75, 3.05) is 50.9 Å². The quantitative estimate of drug-likeness (QED) is 0.557. The van der Waals surface area contributed by atoms with Gasteiger partial charge in [-0.25, -0.2) is 0 Å². The van der Waals surface area contributed by atoms with Crippen molar-refractivity contribution in [3.05, 3.63) is 29.0 Å². The van der Waals surface area contributed by atoms with Crippen LogP contribution >= 0.6 is 0 Å². The van der Waals surface area contributed by atoms with Crippen molar-refractivity contribution in [1.82, 2.24) is 14.9 Å². The molecule has 3 aliphatic rings. The Hall–Kier alpha value is -2.92. The number of halogens is 3. The number of aromatic nitrogens is 2. The molecule has 0 atom stereocenters. The minimum Gasteiger partial charge on any atom is -0.461 e. The Morgan fingerprint density at radius 1 is 1.14 bits per heavy atom. The number of anilines is 1. The molecule has 3 fully saturated rings. The van der Waals surface area contributed by atoms with Crippen LogP contribution in [0.5, 0.6) is 6.01 Å². The Labute approximate surface area is 214 Å². The first-order valence-corrected chi connectivity index (χ1v) is 12.8. The van der Waals surface area contributed by atoms with E-state index in [0.717, 1.165) is 51.7 Å². The van der Waals surface area contributed by atoms with Crippen molar-refractivity contribution in [1.29, 1.82) is 5.41 Å². The van der Waals surface area contributed by atoms with Crippen LogP contribution in [0.4, 0.5) is 19.0 Å². The standard InChI is InChI=1S/C26H33F3N6O2/c1-17-18(20(15-30)22(31)26(27,28)29)5-6-19-21(17)32-24(33-23(19)34-9-4-13-36-14-12-34)37-16-25-7-2-10-35(25)11-3-8-25/h5-6,15,30H,2-4,7-14,16,31H2,1H3. The fourth-order valence-corrected chi connectivity index (χ4v) is 5.96. The lowest BCUT2D eigenvalue weighted by atomic mass is 9.95. The van der Waals surface area contributed by atoms with Crippen LogP contribution in [-0.2, 0) is 4.74 Å². The van der Waals surface area contributed by atoms with Gasteiger partial charge in [0.25, 0.3) is 0 Å². The van der Waals surface area contributed by atoms with Crippen LogP contribution in [0.2, 0.25) is 0 Å². The summed E-state index contributed by atoms with van der Waals surface area (Å²) < 4.78 is 52.2. The van der Waals surface area contributed by atoms with E-state index in [2.05, 4.69) is 9.80 Å². The third-order valence-electron chi connectivity index (χ3n) is 7.91. The summed E-state index contributed by atoms with van der Waals surface area (Å²) in [5, 5.41) is 8.38. The molecule has 37 heavy (non-hydrogen) atoms. The zero-order chi connectivity index (χ0) is 26.2. The first kappa shape index (κ1) is 25.7. The summed E-state index contributed by atoms with van der Waals surface area (Å²) in [6, 6.07) is 3.49. The van der Waals surface area contributed by atoms with E-state index in [1.807, 2.05) is 0 Å². The van der Waals surface area contributed by atoms with Gasteiger partial charge in [0.15, 0.2) is 0 Å². The number of rotatable bonds is 6. The number of nitrogens with zero attached hydrogens (tertiary/aromatic N) is 4. The van der Waals surface area contributed by atoms with Crippen molar-refractivity contribution in [2.24, 2.45) is 5.73 Å². The predicted molar refractivity (Wildman–Crippen MR) is 136 cm³/mol. The van der Waals surface area contributed by atoms with Gasteiger partial charge in [0.1, 0.15) is 18.1 Å². The summed E-state index contributed by atoms with van der Waals surface area (Å²) in [5.74, 6) is 0.677. The van der Waals surface area contributed by atoms with E-state index in [-0.39, 0.29) is 22.7 Å². The summed E-state index contributed by atoms with van der Waals surface area (Å²) in [6.45, 7) is 6.91. The Morgan fingerprint density at radius 2 is 1.89 bits per heavy atom. The van der Waals surface area contributed by atoms with E-state index in [1.54, 1.807) is 19.1 Å². The van der Waals surface area contributed by atoms with E-state index in [0.29, 0.717) is 54.9 Å². The van der Waals surface area contributed by atoms with Gasteiger partial charge in [-0.1, -0.05) is 6.07 Å². The van der Waals surface area contributed by atoms with Crippen LogP contribution in [-0.4, -0.2) is 78.8 Å². The third-order valence-corrected chi connectivity index (χ3v) is 7.91. The summed E-state index contributed by atoms with van der Waals surface area (Å²) in [4.78, 5) is 14.1. The molecule has 0 radical (unpaired) electrons. The molecule has 11 heteroatoms. The lowest BCUT2D eigenvalue weighted by Crippen LogP contribution is -2.43. The number of allylic oxidation sites excluding steroid dienone is 2. The predicted octanol–water partition coefficient (Wildman–Crippen LogP) is 4.05. The Kier molecular flexibility index (Phi) is 7.01. The zero-order valence-electron chi connectivity index (χ0n) is 21.0. The number of nitrogens with two attached hydrogens (primary N) is 1. The highest BCUT2D eigenvalue weighted by atomic mass is 19.4. The average molecular weight is 519 g/mol. The fraction of sp³-hybridized carbons (Fsp3) is 0.577. The second kappa shape index (κ2) is 10.1. The smallest absolute Gasteiger partial charge is 0.431 e. The molecule has 0 saturated carbocycles. The van der Waals surface area contributed by atoms with Gasteiger partial charge < -0.3 is 25.5 Å². The second-order valence-electron chi connectivity index (χ2n) is 10.1. The Morgan fingerprint density at radius 3 is 2.59 bits per heavy atom. The molecule has 3 N–H and O–H groups in total. The van der Waals surface area contributed by atoms with Crippen LogP contribution in [0.15, 0.2) is 17.8 Å². The molecule has 8 nitrogen and oxygen atoms in total. The molecule has 3 saturated heterocycles. The monoisotopic (exact) mass is 518 g/mol. The van der Waals surface area contributed by atoms with Crippen molar-refractivity contribution in [3.8, 4) is 6.01 Å². The molecule has 0 unspecified atom stereocenters. The molecular weight excluding hydrogens is 485 g/mol. The molecule has 200 valence electrons. The number of hydrogen-bond donors (Lipinski definition) is 2. The summed E-state index contributed by atoms with van der Waals surface area (Å²) in [6.07, 6.45) is 1.16. The van der Waals surface area contributed by atoms with Crippen molar-refractivity contribution in [3.63, 3.8) is 0 Å². The van der Waals surface area contributed by atoms with Crippen LogP contribution in [0.1, 0.15) is 43.2 Å². The maximum absolute atomic E-state index is 13.4. The Bertz CT molecular complexity index is 1200. The number of aryl methyl sites for hydroxylation is 1. The first-order valence-electron chi connectivity index (χ1n) is 12.8. The number of fused-ring (bicyclic) bond motifs is 2. The van der Waals surface area contributed by atoms with Gasteiger partial charge in [0.2, 0.25) is 0 Å². The van der Waals surface area contributed by atoms with E-state index >= 15 is 0 Å². The van der Waals surface area contributed by atoms with Gasteiger partial charge in [-0.2, -0.15) is 23.1 Å². The maximum atomic E-state index is 13.4. The molecule has 0 aliphatic carbocycles. The van der Waals surface area contributed by atoms with Crippen molar-refractivity contribution >= 4 is 28.5 Å². The number of benzene rings is 1. The van der Waals surface area contributed by atoms with Crippen LogP contribution < -0.4 is 15.4 Å². The van der Waals surface area contributed by atoms with E-state index in [9.17, 15) is 13.2 Å². The molecule has 1 aromatic heterocycles. The molecule has 0 bridgehead atoms. The van der Waals surface area contributed by atoms with E-state index < -0.39 is 11.9 Å². The Balaban J connectivity index is 1.60. The number of ether oxygens (including phenoxy) is 2. The highest BCUT2D eigenvalue weighted by Gasteiger charge is 2.45. The van der Waals surface area contributed by atoms with Crippen LogP contribution in [0, 0.1) is 12.3 Å². The van der Waals surface area contributed by atoms with Gasteiger partial charge in [0.05, 0.1) is 17.7 Å². The first-order chi connectivity index (χ1) is 17.7. The van der Waals surface area contributed by atoms with E-state index in [4.69, 9.17) is 30.6 Å². The molecule has 4 heterocycles. The normalized spacial score (nSPS) is 21.0. The lowest BCUT2D eigenvalue weighted by molar-refractivity contribution is -0.0918. The SMILES string of the molecule is Cc1c(C(C=N)=C(N)C(F)(F)F)ccc2c(N3CCCOCC3)nc(OCC34CCCN3CCC4)nc12. The number of alkyl halides is 3. The second-order valence-corrected chi connectivity index (χ2v) is 10.1. The molecule has 1 aromatic carbocycles. The number of nitrogens with one attached hydrogen (secondary N) is 1. The van der Waals surface area contributed by atoms with Crippen LogP contribution in [0.25, 0.3) is 16.5 Å². The lowest BCUT2D eigenvalue weighted by Gasteiger charge is -2.31. The van der Waals surface area contributed by atoms with Gasteiger partial charge in [-0.05, 0) is 69.3 Å². The third kappa shape index (κ3) is 4.86. The zero-order valence-corrected chi connectivity index (χ0v) is 21.0. The highest BCUT2D eigenvalue weighted by molar-refractivity contribution is 6.12. The minimum atomic E-state index is -4.75. The van der Waals surface area contributed by atoms with E-state index in [1.165, 1.54) is 0 Å². The largest absolute Gasteiger partial charge is 0.461 e. The summed E-state index contributed by atoms with van der Waals surface area (Å²) in [5.41, 5.74) is 4.94. The van der Waals surface area contributed by atoms with Gasteiger partial charge in [0, 0.05) is 36.9 Å². The van der Waals surface area contributed by atoms with Crippen LogP contribution in [0.3, 0.4) is 0 Å². The molecule has 0 amide bonds. The van der Waals surface area contributed by atoms with Crippen molar-refractivity contribution < 1.29 is 22.6 Å². The topological polar surface area (TPSA) is 101 Å². The van der Waals surface area contributed by atoms with Gasteiger partial charge >= 0.3 is 12.2 Å². The van der Waals surface area contributed by atoms with Crippen molar-refractivity contribution in [2.45, 2.75) is 50.7 Å². The number of hydrogen-bond acceptors (Lipinski definition) is 8. The molecule has 2 aromatic rings. The average Bonchev–Trinajstić information content (AvgIpc) is 3.33. The minimum absolute atomic E-state index is 0.00304.